The summed E-state index contributed by atoms with van der Waals surface area (Å²) in [6.07, 6.45) is 0. The van der Waals surface area contributed by atoms with E-state index in [-0.39, 0.29) is 5.41 Å². The molecule has 20 heavy (non-hydrogen) atoms. The molecule has 2 heterocycles. The van der Waals surface area contributed by atoms with Crippen LogP contribution in [-0.2, 0) is 12.0 Å². The summed E-state index contributed by atoms with van der Waals surface area (Å²) in [5, 5.41) is 9.20. The Morgan fingerprint density at radius 1 is 1.25 bits per heavy atom. The van der Waals surface area contributed by atoms with Gasteiger partial charge in [0.2, 0.25) is 0 Å². The fourth-order valence-corrected chi connectivity index (χ4v) is 3.96. The first-order chi connectivity index (χ1) is 9.38. The van der Waals surface area contributed by atoms with Crippen LogP contribution in [0.1, 0.15) is 56.2 Å². The van der Waals surface area contributed by atoms with Crippen LogP contribution in [-0.4, -0.2) is 4.98 Å². The molecule has 0 aromatic carbocycles. The van der Waals surface area contributed by atoms with Crippen molar-refractivity contribution in [1.82, 2.24) is 10.3 Å². The van der Waals surface area contributed by atoms with Gasteiger partial charge in [0.15, 0.2) is 0 Å². The third kappa shape index (κ3) is 3.90. The molecule has 1 atom stereocenters. The molecule has 4 heteroatoms. The van der Waals surface area contributed by atoms with E-state index in [0.717, 1.165) is 12.2 Å². The first kappa shape index (κ1) is 15.7. The van der Waals surface area contributed by atoms with Gasteiger partial charge >= 0.3 is 0 Å². The summed E-state index contributed by atoms with van der Waals surface area (Å²) in [7, 11) is 0. The molecular formula is C16H24N2S2. The van der Waals surface area contributed by atoms with Crippen LogP contribution >= 0.6 is 22.7 Å². The van der Waals surface area contributed by atoms with Crippen LogP contribution in [0.5, 0.6) is 0 Å². The number of rotatable bonds is 5. The third-order valence-electron chi connectivity index (χ3n) is 3.21. The molecule has 0 fully saturated rings. The molecule has 0 saturated carbocycles. The lowest BCUT2D eigenvalue weighted by atomic mass is 9.98. The summed E-state index contributed by atoms with van der Waals surface area (Å²) in [6.45, 7) is 12.0. The highest BCUT2D eigenvalue weighted by Crippen LogP contribution is 2.28. The van der Waals surface area contributed by atoms with E-state index >= 15 is 0 Å². The molecule has 1 unspecified atom stereocenters. The molecule has 2 aromatic heterocycles. The summed E-state index contributed by atoms with van der Waals surface area (Å²) < 4.78 is 0. The molecule has 0 bridgehead atoms. The van der Waals surface area contributed by atoms with Gasteiger partial charge in [-0.2, -0.15) is 0 Å². The van der Waals surface area contributed by atoms with E-state index in [1.807, 2.05) is 11.3 Å². The van der Waals surface area contributed by atoms with Crippen LogP contribution in [0.15, 0.2) is 22.9 Å². The topological polar surface area (TPSA) is 24.9 Å². The van der Waals surface area contributed by atoms with Crippen LogP contribution in [0, 0.1) is 5.92 Å². The lowest BCUT2D eigenvalue weighted by Gasteiger charge is -2.20. The minimum absolute atomic E-state index is 0.147. The van der Waals surface area contributed by atoms with E-state index in [0.29, 0.717) is 12.0 Å². The molecule has 0 spiro atoms. The normalized spacial score (nSPS) is 13.9. The molecule has 2 rings (SSSR count). The number of hydrogen-bond acceptors (Lipinski definition) is 4. The SMILES string of the molecule is CC(C)C(NCc1csc(C(C)(C)C)n1)c1cccs1. The second-order valence-electron chi connectivity index (χ2n) is 6.51. The lowest BCUT2D eigenvalue weighted by molar-refractivity contribution is 0.414. The van der Waals surface area contributed by atoms with E-state index in [1.54, 1.807) is 11.3 Å². The molecule has 0 amide bonds. The maximum atomic E-state index is 4.75. The van der Waals surface area contributed by atoms with Gasteiger partial charge in [-0.25, -0.2) is 4.98 Å². The molecule has 1 N–H and O–H groups in total. The first-order valence-electron chi connectivity index (χ1n) is 7.09. The number of nitrogens with zero attached hydrogens (tertiary/aromatic N) is 1. The largest absolute Gasteiger partial charge is 0.303 e. The van der Waals surface area contributed by atoms with Crippen LogP contribution < -0.4 is 5.32 Å². The second-order valence-corrected chi connectivity index (χ2v) is 8.35. The molecule has 0 aliphatic rings. The van der Waals surface area contributed by atoms with Crippen molar-refractivity contribution in [2.45, 2.75) is 52.6 Å². The molecule has 0 radical (unpaired) electrons. The van der Waals surface area contributed by atoms with Gasteiger partial charge in [-0.15, -0.1) is 22.7 Å². The maximum Gasteiger partial charge on any atom is 0.0982 e. The monoisotopic (exact) mass is 308 g/mol. The Labute approximate surface area is 130 Å². The Hall–Kier alpha value is -0.710. The van der Waals surface area contributed by atoms with Crippen LogP contribution in [0.25, 0.3) is 0 Å². The molecular weight excluding hydrogens is 284 g/mol. The minimum Gasteiger partial charge on any atom is -0.303 e. The number of nitrogens with one attached hydrogen (secondary N) is 1. The van der Waals surface area contributed by atoms with E-state index in [2.05, 4.69) is 62.8 Å². The van der Waals surface area contributed by atoms with Gasteiger partial charge in [0.1, 0.15) is 0 Å². The summed E-state index contributed by atoms with van der Waals surface area (Å²) in [6, 6.07) is 4.75. The third-order valence-corrected chi connectivity index (χ3v) is 5.49. The van der Waals surface area contributed by atoms with Gasteiger partial charge in [0.05, 0.1) is 10.7 Å². The van der Waals surface area contributed by atoms with E-state index in [9.17, 15) is 0 Å². The zero-order valence-electron chi connectivity index (χ0n) is 12.9. The molecule has 0 aliphatic heterocycles. The Kier molecular flexibility index (Phi) is 4.99. The number of thiazole rings is 1. The maximum absolute atomic E-state index is 4.75. The van der Waals surface area contributed by atoms with Crippen molar-refractivity contribution >= 4 is 22.7 Å². The standard InChI is InChI=1S/C16H24N2S2/c1-11(2)14(13-7-6-8-19-13)17-9-12-10-20-15(18-12)16(3,4)5/h6-8,10-11,14,17H,9H2,1-5H3. The summed E-state index contributed by atoms with van der Waals surface area (Å²) in [4.78, 5) is 6.16. The average molecular weight is 309 g/mol. The summed E-state index contributed by atoms with van der Waals surface area (Å²) in [5.74, 6) is 0.578. The van der Waals surface area contributed by atoms with Crippen LogP contribution in [0.2, 0.25) is 0 Å². The number of hydrogen-bond donors (Lipinski definition) is 1. The first-order valence-corrected chi connectivity index (χ1v) is 8.85. The van der Waals surface area contributed by atoms with Crippen molar-refractivity contribution in [1.29, 1.82) is 0 Å². The quantitative estimate of drug-likeness (QED) is 0.841. The smallest absolute Gasteiger partial charge is 0.0982 e. The van der Waals surface area contributed by atoms with Crippen molar-refractivity contribution in [2.75, 3.05) is 0 Å². The zero-order valence-corrected chi connectivity index (χ0v) is 14.6. The number of thiophene rings is 1. The highest BCUT2D eigenvalue weighted by Gasteiger charge is 2.19. The fourth-order valence-electron chi connectivity index (χ4n) is 2.08. The van der Waals surface area contributed by atoms with Crippen molar-refractivity contribution in [3.63, 3.8) is 0 Å². The Balaban J connectivity index is 2.01. The Morgan fingerprint density at radius 3 is 2.50 bits per heavy atom. The number of aromatic nitrogens is 1. The molecule has 2 aromatic rings. The van der Waals surface area contributed by atoms with Crippen LogP contribution in [0.3, 0.4) is 0 Å². The predicted molar refractivity (Wildman–Crippen MR) is 89.6 cm³/mol. The van der Waals surface area contributed by atoms with Crippen molar-refractivity contribution in [3.8, 4) is 0 Å². The van der Waals surface area contributed by atoms with Gasteiger partial charge < -0.3 is 5.32 Å². The second kappa shape index (κ2) is 6.37. The van der Waals surface area contributed by atoms with Gasteiger partial charge in [0, 0.05) is 28.3 Å². The van der Waals surface area contributed by atoms with Gasteiger partial charge in [0.25, 0.3) is 0 Å². The van der Waals surface area contributed by atoms with Gasteiger partial charge in [-0.05, 0) is 17.4 Å². The van der Waals surface area contributed by atoms with Gasteiger partial charge in [-0.1, -0.05) is 40.7 Å². The molecule has 0 aliphatic carbocycles. The average Bonchev–Trinajstić information content (AvgIpc) is 2.97. The lowest BCUT2D eigenvalue weighted by Crippen LogP contribution is -2.24. The highest BCUT2D eigenvalue weighted by molar-refractivity contribution is 7.10. The van der Waals surface area contributed by atoms with Gasteiger partial charge in [-0.3, -0.25) is 0 Å². The van der Waals surface area contributed by atoms with Crippen molar-refractivity contribution in [2.24, 2.45) is 5.92 Å². The highest BCUT2D eigenvalue weighted by atomic mass is 32.1. The van der Waals surface area contributed by atoms with E-state index in [1.165, 1.54) is 9.88 Å². The van der Waals surface area contributed by atoms with Crippen molar-refractivity contribution in [3.05, 3.63) is 38.5 Å². The molecule has 110 valence electrons. The zero-order chi connectivity index (χ0) is 14.8. The minimum atomic E-state index is 0.147. The Bertz CT molecular complexity index is 521. The molecule has 0 saturated heterocycles. The molecule has 2 nitrogen and oxygen atoms in total. The summed E-state index contributed by atoms with van der Waals surface area (Å²) in [5.41, 5.74) is 1.30. The fraction of sp³-hybridized carbons (Fsp3) is 0.562. The predicted octanol–water partition coefficient (Wildman–Crippen LogP) is 4.99. The van der Waals surface area contributed by atoms with Crippen LogP contribution in [0.4, 0.5) is 0 Å². The van der Waals surface area contributed by atoms with Crippen molar-refractivity contribution < 1.29 is 0 Å². The summed E-state index contributed by atoms with van der Waals surface area (Å²) >= 11 is 3.59. The van der Waals surface area contributed by atoms with E-state index in [4.69, 9.17) is 4.98 Å². The van der Waals surface area contributed by atoms with E-state index < -0.39 is 0 Å². The Morgan fingerprint density at radius 2 is 2.00 bits per heavy atom.